The number of Topliss-reactive ketones (excluding diaryl/α,β-unsaturated/α-hetero) is 1. The van der Waals surface area contributed by atoms with Gasteiger partial charge in [-0.3, -0.25) is 9.59 Å². The highest BCUT2D eigenvalue weighted by Crippen LogP contribution is 2.29. The Hall–Kier alpha value is -3.85. The first-order chi connectivity index (χ1) is 16.9. The standard InChI is InChI=1S/C26H28N2O7/c1-16-24(19-6-4-5-7-20(19)27-16)25(30)17(2)35-26(31)18-8-9-21(22(14-18)32-3)34-15-23(29)28-10-12-33-13-11-28/h4-9,14,17,27H,10-13,15H2,1-3H3. The summed E-state index contributed by atoms with van der Waals surface area (Å²) in [6, 6.07) is 12.0. The summed E-state index contributed by atoms with van der Waals surface area (Å²) in [5, 5.41) is 0.785. The number of nitrogens with one attached hydrogen (secondary N) is 1. The predicted octanol–water partition coefficient (Wildman–Crippen LogP) is 3.15. The Labute approximate surface area is 202 Å². The van der Waals surface area contributed by atoms with Gasteiger partial charge in [0.15, 0.2) is 24.2 Å². The number of esters is 1. The van der Waals surface area contributed by atoms with Gasteiger partial charge in [0.2, 0.25) is 5.78 Å². The molecule has 0 radical (unpaired) electrons. The number of ketones is 1. The number of carbonyl (C=O) groups excluding carboxylic acids is 3. The third-order valence-electron chi connectivity index (χ3n) is 5.91. The van der Waals surface area contributed by atoms with Gasteiger partial charge in [-0.05, 0) is 38.1 Å². The van der Waals surface area contributed by atoms with Crippen LogP contribution in [0.5, 0.6) is 11.5 Å². The number of aromatic nitrogens is 1. The number of morpholine rings is 1. The molecule has 2 aromatic carbocycles. The van der Waals surface area contributed by atoms with Crippen molar-refractivity contribution in [2.24, 2.45) is 0 Å². The van der Waals surface area contributed by atoms with Gasteiger partial charge in [-0.2, -0.15) is 0 Å². The van der Waals surface area contributed by atoms with Crippen molar-refractivity contribution >= 4 is 28.6 Å². The lowest BCUT2D eigenvalue weighted by molar-refractivity contribution is -0.137. The number of aryl methyl sites for hydroxylation is 1. The number of ether oxygens (including phenoxy) is 4. The van der Waals surface area contributed by atoms with Gasteiger partial charge in [-0.1, -0.05) is 18.2 Å². The van der Waals surface area contributed by atoms with Gasteiger partial charge in [-0.25, -0.2) is 4.79 Å². The molecule has 0 saturated carbocycles. The van der Waals surface area contributed by atoms with Crippen molar-refractivity contribution in [1.29, 1.82) is 0 Å². The highest BCUT2D eigenvalue weighted by molar-refractivity contribution is 6.11. The Morgan fingerprint density at radius 2 is 1.83 bits per heavy atom. The Bertz CT molecular complexity index is 1240. The molecule has 9 nitrogen and oxygen atoms in total. The quantitative estimate of drug-likeness (QED) is 0.390. The molecule has 0 aliphatic carbocycles. The molecule has 1 atom stereocenters. The number of amides is 1. The lowest BCUT2D eigenvalue weighted by Gasteiger charge is -2.26. The number of methoxy groups -OCH3 is 1. The van der Waals surface area contributed by atoms with E-state index in [9.17, 15) is 14.4 Å². The van der Waals surface area contributed by atoms with Crippen molar-refractivity contribution in [3.05, 3.63) is 59.3 Å². The van der Waals surface area contributed by atoms with E-state index in [4.69, 9.17) is 18.9 Å². The average molecular weight is 481 g/mol. The van der Waals surface area contributed by atoms with Gasteiger partial charge in [0, 0.05) is 35.2 Å². The largest absolute Gasteiger partial charge is 0.493 e. The summed E-state index contributed by atoms with van der Waals surface area (Å²) >= 11 is 0. The van der Waals surface area contributed by atoms with E-state index in [1.807, 2.05) is 31.2 Å². The maximum atomic E-state index is 13.1. The van der Waals surface area contributed by atoms with Crippen LogP contribution in [0.2, 0.25) is 0 Å². The van der Waals surface area contributed by atoms with E-state index in [0.717, 1.165) is 10.9 Å². The van der Waals surface area contributed by atoms with Crippen LogP contribution >= 0.6 is 0 Å². The number of nitrogens with zero attached hydrogens (tertiary/aromatic N) is 1. The number of para-hydroxylation sites is 1. The molecule has 1 amide bonds. The van der Waals surface area contributed by atoms with Crippen molar-refractivity contribution in [2.75, 3.05) is 40.0 Å². The lowest BCUT2D eigenvalue weighted by atomic mass is 10.0. The minimum Gasteiger partial charge on any atom is -0.493 e. The van der Waals surface area contributed by atoms with Crippen molar-refractivity contribution in [1.82, 2.24) is 9.88 Å². The van der Waals surface area contributed by atoms with E-state index in [1.54, 1.807) is 17.9 Å². The minimum absolute atomic E-state index is 0.154. The molecular formula is C26H28N2O7. The van der Waals surface area contributed by atoms with E-state index < -0.39 is 12.1 Å². The molecule has 1 N–H and O–H groups in total. The van der Waals surface area contributed by atoms with Gasteiger partial charge in [0.05, 0.1) is 25.9 Å². The first-order valence-electron chi connectivity index (χ1n) is 11.4. The molecule has 35 heavy (non-hydrogen) atoms. The fraction of sp³-hybridized carbons (Fsp3) is 0.346. The molecule has 184 valence electrons. The number of carbonyl (C=O) groups is 3. The molecule has 0 bridgehead atoms. The number of benzene rings is 2. The Kier molecular flexibility index (Phi) is 7.36. The van der Waals surface area contributed by atoms with Gasteiger partial charge < -0.3 is 28.8 Å². The number of hydrogen-bond donors (Lipinski definition) is 1. The highest BCUT2D eigenvalue weighted by atomic mass is 16.5. The van der Waals surface area contributed by atoms with Crippen LogP contribution in [0, 0.1) is 6.92 Å². The van der Waals surface area contributed by atoms with Crippen molar-refractivity contribution in [3.63, 3.8) is 0 Å². The number of H-pyrrole nitrogens is 1. The number of hydrogen-bond acceptors (Lipinski definition) is 7. The van der Waals surface area contributed by atoms with Crippen LogP contribution in [-0.2, 0) is 14.3 Å². The molecule has 3 aromatic rings. The summed E-state index contributed by atoms with van der Waals surface area (Å²) in [5.41, 5.74) is 2.27. The summed E-state index contributed by atoms with van der Waals surface area (Å²) < 4.78 is 21.7. The molecule has 9 heteroatoms. The van der Waals surface area contributed by atoms with Gasteiger partial charge >= 0.3 is 5.97 Å². The monoisotopic (exact) mass is 480 g/mol. The second kappa shape index (κ2) is 10.6. The smallest absolute Gasteiger partial charge is 0.338 e. The zero-order valence-corrected chi connectivity index (χ0v) is 20.0. The Morgan fingerprint density at radius 3 is 2.57 bits per heavy atom. The van der Waals surface area contributed by atoms with Crippen molar-refractivity contribution < 1.29 is 33.3 Å². The van der Waals surface area contributed by atoms with Crippen LogP contribution in [-0.4, -0.2) is 73.7 Å². The molecule has 1 fully saturated rings. The van der Waals surface area contributed by atoms with E-state index in [-0.39, 0.29) is 29.6 Å². The van der Waals surface area contributed by atoms with Gasteiger partial charge in [-0.15, -0.1) is 0 Å². The maximum absolute atomic E-state index is 13.1. The van der Waals surface area contributed by atoms with E-state index >= 15 is 0 Å². The summed E-state index contributed by atoms with van der Waals surface area (Å²) in [6.45, 7) is 5.27. The molecule has 0 spiro atoms. The summed E-state index contributed by atoms with van der Waals surface area (Å²) in [7, 11) is 1.44. The third kappa shape index (κ3) is 5.30. The fourth-order valence-electron chi connectivity index (χ4n) is 4.04. The third-order valence-corrected chi connectivity index (χ3v) is 5.91. The number of aromatic amines is 1. The second-order valence-corrected chi connectivity index (χ2v) is 8.23. The fourth-order valence-corrected chi connectivity index (χ4v) is 4.04. The summed E-state index contributed by atoms with van der Waals surface area (Å²) in [6.07, 6.45) is -0.992. The second-order valence-electron chi connectivity index (χ2n) is 8.23. The molecule has 4 rings (SSSR count). The van der Waals surface area contributed by atoms with Crippen LogP contribution in [0.25, 0.3) is 10.9 Å². The summed E-state index contributed by atoms with van der Waals surface area (Å²) in [5.74, 6) is -0.511. The van der Waals surface area contributed by atoms with Crippen LogP contribution in [0.15, 0.2) is 42.5 Å². The molecule has 1 aromatic heterocycles. The molecule has 2 heterocycles. The first kappa shape index (κ1) is 24.3. The van der Waals surface area contributed by atoms with Crippen molar-refractivity contribution in [2.45, 2.75) is 20.0 Å². The maximum Gasteiger partial charge on any atom is 0.338 e. The molecule has 1 saturated heterocycles. The molecule has 1 aliphatic heterocycles. The summed E-state index contributed by atoms with van der Waals surface area (Å²) in [4.78, 5) is 43.0. The van der Waals surface area contributed by atoms with Crippen LogP contribution in [0.1, 0.15) is 33.3 Å². The predicted molar refractivity (Wildman–Crippen MR) is 128 cm³/mol. The van der Waals surface area contributed by atoms with E-state index in [2.05, 4.69) is 4.98 Å². The SMILES string of the molecule is COc1cc(C(=O)OC(C)C(=O)c2c(C)[nH]c3ccccc23)ccc1OCC(=O)N1CCOCC1. The van der Waals surface area contributed by atoms with Gasteiger partial charge in [0.1, 0.15) is 0 Å². The van der Waals surface area contributed by atoms with Crippen LogP contribution < -0.4 is 9.47 Å². The molecule has 1 aliphatic rings. The van der Waals surface area contributed by atoms with Crippen molar-refractivity contribution in [3.8, 4) is 11.5 Å². The number of rotatable bonds is 8. The number of fused-ring (bicyclic) bond motifs is 1. The van der Waals surface area contributed by atoms with E-state index in [0.29, 0.717) is 43.3 Å². The van der Waals surface area contributed by atoms with Crippen LogP contribution in [0.3, 0.4) is 0 Å². The lowest BCUT2D eigenvalue weighted by Crippen LogP contribution is -2.43. The van der Waals surface area contributed by atoms with E-state index in [1.165, 1.54) is 19.2 Å². The minimum atomic E-state index is -0.992. The Morgan fingerprint density at radius 1 is 1.09 bits per heavy atom. The topological polar surface area (TPSA) is 107 Å². The van der Waals surface area contributed by atoms with Gasteiger partial charge in [0.25, 0.3) is 5.91 Å². The highest BCUT2D eigenvalue weighted by Gasteiger charge is 2.25. The Balaban J connectivity index is 1.42. The zero-order valence-electron chi connectivity index (χ0n) is 20.0. The first-order valence-corrected chi connectivity index (χ1v) is 11.4. The molecular weight excluding hydrogens is 452 g/mol. The molecule has 1 unspecified atom stereocenters. The normalized spacial score (nSPS) is 14.4. The average Bonchev–Trinajstić information content (AvgIpc) is 3.22. The van der Waals surface area contributed by atoms with Crippen LogP contribution in [0.4, 0.5) is 0 Å². The zero-order chi connectivity index (χ0) is 24.9.